The van der Waals surface area contributed by atoms with Crippen molar-refractivity contribution in [3.8, 4) is 0 Å². The highest BCUT2D eigenvalue weighted by Crippen LogP contribution is 2.09. The molecule has 0 atom stereocenters. The number of aromatic nitrogens is 1. The van der Waals surface area contributed by atoms with Gasteiger partial charge in [-0.3, -0.25) is 4.99 Å². The van der Waals surface area contributed by atoms with Gasteiger partial charge in [0.05, 0.1) is 23.8 Å². The second-order valence-electron chi connectivity index (χ2n) is 3.63. The predicted molar refractivity (Wildman–Crippen MR) is 74.7 cm³/mol. The lowest BCUT2D eigenvalue weighted by Gasteiger charge is -2.20. The highest BCUT2D eigenvalue weighted by Gasteiger charge is 2.08. The summed E-state index contributed by atoms with van der Waals surface area (Å²) in [6.07, 6.45) is 0. The van der Waals surface area contributed by atoms with Crippen LogP contribution in [0.15, 0.2) is 22.0 Å². The van der Waals surface area contributed by atoms with Gasteiger partial charge < -0.3 is 10.2 Å². The molecule has 0 aromatic carbocycles. The Hall–Kier alpha value is -1.07. The van der Waals surface area contributed by atoms with Crippen LogP contribution in [0, 0.1) is 6.92 Å². The topological polar surface area (TPSA) is 40.5 Å². The number of aliphatic imine (C=N–C) groups is 1. The summed E-state index contributed by atoms with van der Waals surface area (Å²) in [5.41, 5.74) is 1.04. The third-order valence-corrected chi connectivity index (χ3v) is 3.03. The summed E-state index contributed by atoms with van der Waals surface area (Å²) >= 11 is 7.36. The molecule has 0 aliphatic heterocycles. The molecule has 0 aliphatic carbocycles. The number of nitrogens with zero attached hydrogens (tertiary/aromatic N) is 3. The Balaban J connectivity index is 2.55. The first-order valence-corrected chi connectivity index (χ1v) is 6.44. The normalized spacial score (nSPS) is 11.4. The smallest absolute Gasteiger partial charge is 0.194 e. The first-order chi connectivity index (χ1) is 8.02. The van der Waals surface area contributed by atoms with Crippen LogP contribution in [-0.4, -0.2) is 36.5 Å². The number of rotatable bonds is 4. The molecule has 0 saturated heterocycles. The molecule has 1 heterocycles. The van der Waals surface area contributed by atoms with E-state index in [1.807, 2.05) is 18.9 Å². The Morgan fingerprint density at radius 3 is 2.88 bits per heavy atom. The lowest BCUT2D eigenvalue weighted by molar-refractivity contribution is 0.474. The summed E-state index contributed by atoms with van der Waals surface area (Å²) in [6.45, 7) is 6.86. The molecule has 17 heavy (non-hydrogen) atoms. The molecule has 6 heteroatoms. The first-order valence-electron chi connectivity index (χ1n) is 5.19. The standard InChI is InChI=1S/C11H17ClN4S/c1-8(12)5-14-11(13-3)16(4)6-10-7-17-9(2)15-10/h7H,1,5-6H2,2-4H3,(H,13,14). The predicted octanol–water partition coefficient (Wildman–Crippen LogP) is 2.21. The van der Waals surface area contributed by atoms with Crippen molar-refractivity contribution in [2.24, 2.45) is 4.99 Å². The van der Waals surface area contributed by atoms with Crippen molar-refractivity contribution in [2.45, 2.75) is 13.5 Å². The van der Waals surface area contributed by atoms with E-state index < -0.39 is 0 Å². The van der Waals surface area contributed by atoms with Crippen LogP contribution in [-0.2, 0) is 6.54 Å². The zero-order valence-electron chi connectivity index (χ0n) is 10.3. The minimum Gasteiger partial charge on any atom is -0.351 e. The molecule has 1 aromatic rings. The second-order valence-corrected chi connectivity index (χ2v) is 5.23. The quantitative estimate of drug-likeness (QED) is 0.675. The van der Waals surface area contributed by atoms with Crippen molar-refractivity contribution in [1.82, 2.24) is 15.2 Å². The molecular formula is C11H17ClN4S. The SMILES string of the molecule is C=C(Cl)CNC(=NC)N(C)Cc1csc(C)n1. The fourth-order valence-corrected chi connectivity index (χ4v) is 2.03. The van der Waals surface area contributed by atoms with E-state index in [-0.39, 0.29) is 0 Å². The number of thiazole rings is 1. The van der Waals surface area contributed by atoms with E-state index in [9.17, 15) is 0 Å². The zero-order valence-corrected chi connectivity index (χ0v) is 11.9. The van der Waals surface area contributed by atoms with Crippen LogP contribution >= 0.6 is 22.9 Å². The van der Waals surface area contributed by atoms with Crippen LogP contribution in [0.4, 0.5) is 0 Å². The highest BCUT2D eigenvalue weighted by atomic mass is 35.5. The van der Waals surface area contributed by atoms with Gasteiger partial charge >= 0.3 is 0 Å². The Kier molecular flexibility index (Phi) is 5.44. The Morgan fingerprint density at radius 2 is 2.41 bits per heavy atom. The van der Waals surface area contributed by atoms with Gasteiger partial charge in [-0.15, -0.1) is 11.3 Å². The molecule has 1 rings (SSSR count). The van der Waals surface area contributed by atoms with Crippen LogP contribution in [0.1, 0.15) is 10.7 Å². The van der Waals surface area contributed by atoms with Gasteiger partial charge in [-0.2, -0.15) is 0 Å². The van der Waals surface area contributed by atoms with Crippen LogP contribution in [0.3, 0.4) is 0 Å². The van der Waals surface area contributed by atoms with Gasteiger partial charge in [0.15, 0.2) is 5.96 Å². The lowest BCUT2D eigenvalue weighted by Crippen LogP contribution is -2.39. The summed E-state index contributed by atoms with van der Waals surface area (Å²) in [5.74, 6) is 0.775. The van der Waals surface area contributed by atoms with Gasteiger partial charge in [-0.05, 0) is 6.92 Å². The molecule has 94 valence electrons. The number of hydrogen-bond acceptors (Lipinski definition) is 3. The Morgan fingerprint density at radius 1 is 1.71 bits per heavy atom. The van der Waals surface area contributed by atoms with Crippen LogP contribution in [0.5, 0.6) is 0 Å². The van der Waals surface area contributed by atoms with Crippen LogP contribution in [0.25, 0.3) is 0 Å². The summed E-state index contributed by atoms with van der Waals surface area (Å²) in [5, 5.41) is 6.80. The lowest BCUT2D eigenvalue weighted by atomic mass is 10.4. The third-order valence-electron chi connectivity index (χ3n) is 2.08. The maximum atomic E-state index is 5.71. The van der Waals surface area contributed by atoms with Gasteiger partial charge in [0.1, 0.15) is 0 Å². The number of halogens is 1. The first kappa shape index (κ1) is 14.0. The van der Waals surface area contributed by atoms with Gasteiger partial charge in [0, 0.05) is 24.5 Å². The summed E-state index contributed by atoms with van der Waals surface area (Å²) in [6, 6.07) is 0. The average molecular weight is 273 g/mol. The largest absolute Gasteiger partial charge is 0.351 e. The van der Waals surface area contributed by atoms with Gasteiger partial charge in [-0.1, -0.05) is 18.2 Å². The van der Waals surface area contributed by atoms with Crippen molar-refractivity contribution in [1.29, 1.82) is 0 Å². The average Bonchev–Trinajstić information content (AvgIpc) is 2.64. The Bertz CT molecular complexity index is 413. The van der Waals surface area contributed by atoms with Crippen LogP contribution < -0.4 is 5.32 Å². The molecule has 0 radical (unpaired) electrons. The number of nitrogens with one attached hydrogen (secondary N) is 1. The molecule has 1 N–H and O–H groups in total. The molecule has 0 unspecified atom stereocenters. The van der Waals surface area contributed by atoms with Gasteiger partial charge in [0.2, 0.25) is 0 Å². The highest BCUT2D eigenvalue weighted by molar-refractivity contribution is 7.09. The number of aryl methyl sites for hydroxylation is 1. The second kappa shape index (κ2) is 6.61. The minimum atomic E-state index is 0.509. The maximum absolute atomic E-state index is 5.71. The van der Waals surface area contributed by atoms with Crippen molar-refractivity contribution in [2.75, 3.05) is 20.6 Å². The van der Waals surface area contributed by atoms with Gasteiger partial charge in [-0.25, -0.2) is 4.98 Å². The molecule has 0 spiro atoms. The zero-order chi connectivity index (χ0) is 12.8. The molecule has 4 nitrogen and oxygen atoms in total. The van der Waals surface area contributed by atoms with E-state index in [4.69, 9.17) is 11.6 Å². The van der Waals surface area contributed by atoms with Crippen molar-refractivity contribution < 1.29 is 0 Å². The van der Waals surface area contributed by atoms with E-state index in [0.29, 0.717) is 11.6 Å². The molecule has 0 fully saturated rings. The van der Waals surface area contributed by atoms with E-state index in [1.165, 1.54) is 0 Å². The summed E-state index contributed by atoms with van der Waals surface area (Å²) in [4.78, 5) is 10.6. The molecule has 0 saturated carbocycles. The fourth-order valence-electron chi connectivity index (χ4n) is 1.36. The van der Waals surface area contributed by atoms with Crippen molar-refractivity contribution >= 4 is 28.9 Å². The molecule has 1 aromatic heterocycles. The summed E-state index contributed by atoms with van der Waals surface area (Å²) in [7, 11) is 3.70. The molecule has 0 bridgehead atoms. The molecule has 0 amide bonds. The molecular weight excluding hydrogens is 256 g/mol. The third kappa shape index (κ3) is 4.75. The van der Waals surface area contributed by atoms with Crippen molar-refractivity contribution in [3.63, 3.8) is 0 Å². The van der Waals surface area contributed by atoms with E-state index in [1.54, 1.807) is 18.4 Å². The maximum Gasteiger partial charge on any atom is 0.194 e. The molecule has 0 aliphatic rings. The van der Waals surface area contributed by atoms with E-state index >= 15 is 0 Å². The fraction of sp³-hybridized carbons (Fsp3) is 0.455. The number of hydrogen-bond donors (Lipinski definition) is 1. The van der Waals surface area contributed by atoms with Gasteiger partial charge in [0.25, 0.3) is 0 Å². The van der Waals surface area contributed by atoms with E-state index in [2.05, 4.69) is 27.3 Å². The monoisotopic (exact) mass is 272 g/mol. The van der Waals surface area contributed by atoms with Crippen molar-refractivity contribution in [3.05, 3.63) is 27.7 Å². The summed E-state index contributed by atoms with van der Waals surface area (Å²) < 4.78 is 0. The van der Waals surface area contributed by atoms with E-state index in [0.717, 1.165) is 23.2 Å². The minimum absolute atomic E-state index is 0.509. The number of guanidine groups is 1. The van der Waals surface area contributed by atoms with Crippen LogP contribution in [0.2, 0.25) is 0 Å². The Labute approximate surface area is 111 Å².